The number of aryl methyl sites for hydroxylation is 1. The molecular weight excluding hydrogens is 230 g/mol. The summed E-state index contributed by atoms with van der Waals surface area (Å²) in [6.45, 7) is 2.78. The van der Waals surface area contributed by atoms with E-state index in [-0.39, 0.29) is 0 Å². The maximum atomic E-state index is 11.5. The Labute approximate surface area is 106 Å². The van der Waals surface area contributed by atoms with E-state index in [1.165, 1.54) is 12.7 Å². The predicted octanol–water partition coefficient (Wildman–Crippen LogP) is 1.53. The summed E-state index contributed by atoms with van der Waals surface area (Å²) in [5, 5.41) is 5.85. The van der Waals surface area contributed by atoms with Crippen molar-refractivity contribution in [1.29, 1.82) is 0 Å². The van der Waals surface area contributed by atoms with Crippen LogP contribution in [0.1, 0.15) is 17.5 Å². The lowest BCUT2D eigenvalue weighted by atomic mass is 9.94. The first-order valence-electron chi connectivity index (χ1n) is 5.87. The molecule has 0 bridgehead atoms. The highest BCUT2D eigenvalue weighted by Gasteiger charge is 2.34. The molecular formula is C13H17N3O2. The number of rotatable bonds is 2. The summed E-state index contributed by atoms with van der Waals surface area (Å²) in [5.41, 5.74) is 1.40. The van der Waals surface area contributed by atoms with Crippen molar-refractivity contribution in [3.63, 3.8) is 0 Å². The van der Waals surface area contributed by atoms with E-state index in [0.717, 1.165) is 12.1 Å². The van der Waals surface area contributed by atoms with Crippen LogP contribution in [0.3, 0.4) is 0 Å². The molecule has 1 heterocycles. The quantitative estimate of drug-likeness (QED) is 0.833. The molecule has 0 spiro atoms. The number of aliphatic imine (C=N–C) groups is 1. The van der Waals surface area contributed by atoms with Crippen LogP contribution in [0.5, 0.6) is 0 Å². The van der Waals surface area contributed by atoms with Gasteiger partial charge in [0, 0.05) is 13.0 Å². The minimum atomic E-state index is -0.730. The second-order valence-electron chi connectivity index (χ2n) is 4.31. The lowest BCUT2D eigenvalue weighted by Gasteiger charge is -2.33. The van der Waals surface area contributed by atoms with E-state index < -0.39 is 11.8 Å². The molecule has 0 saturated carbocycles. The molecule has 5 heteroatoms. The van der Waals surface area contributed by atoms with Crippen LogP contribution in [-0.4, -0.2) is 26.1 Å². The molecule has 1 aliphatic heterocycles. The first-order chi connectivity index (χ1) is 8.66. The summed E-state index contributed by atoms with van der Waals surface area (Å²) in [6, 6.07) is 7.98. The molecule has 1 aliphatic rings. The highest BCUT2D eigenvalue weighted by atomic mass is 16.5. The Bertz CT molecular complexity index is 456. The zero-order valence-electron chi connectivity index (χ0n) is 10.6. The third kappa shape index (κ3) is 2.45. The number of ether oxygens (including phenoxy) is 1. The van der Waals surface area contributed by atoms with Crippen molar-refractivity contribution in [3.05, 3.63) is 35.4 Å². The van der Waals surface area contributed by atoms with Crippen LogP contribution in [0, 0.1) is 6.92 Å². The van der Waals surface area contributed by atoms with Gasteiger partial charge < -0.3 is 10.1 Å². The van der Waals surface area contributed by atoms with Crippen molar-refractivity contribution in [2.24, 2.45) is 4.99 Å². The van der Waals surface area contributed by atoms with Gasteiger partial charge in [0.2, 0.25) is 0 Å². The Morgan fingerprint density at radius 1 is 1.44 bits per heavy atom. The van der Waals surface area contributed by atoms with Gasteiger partial charge in [-0.25, -0.2) is 9.79 Å². The first-order valence-corrected chi connectivity index (χ1v) is 5.87. The molecule has 1 aromatic carbocycles. The molecule has 5 nitrogen and oxygen atoms in total. The van der Waals surface area contributed by atoms with E-state index in [0.29, 0.717) is 6.42 Å². The van der Waals surface area contributed by atoms with Gasteiger partial charge in [0.25, 0.3) is 0 Å². The molecule has 0 fully saturated rings. The molecule has 0 aromatic heterocycles. The monoisotopic (exact) mass is 247 g/mol. The summed E-state index contributed by atoms with van der Waals surface area (Å²) in [7, 11) is 1.35. The summed E-state index contributed by atoms with van der Waals surface area (Å²) >= 11 is 0. The van der Waals surface area contributed by atoms with E-state index in [9.17, 15) is 4.79 Å². The van der Waals surface area contributed by atoms with Crippen LogP contribution in [0.4, 0.5) is 4.79 Å². The van der Waals surface area contributed by atoms with Gasteiger partial charge in [-0.3, -0.25) is 5.32 Å². The zero-order valence-corrected chi connectivity index (χ0v) is 10.6. The van der Waals surface area contributed by atoms with E-state index in [1.807, 2.05) is 31.2 Å². The van der Waals surface area contributed by atoms with Gasteiger partial charge in [-0.1, -0.05) is 29.8 Å². The number of carbonyl (C=O) groups is 1. The lowest BCUT2D eigenvalue weighted by molar-refractivity contribution is 0.153. The molecule has 1 amide bonds. The van der Waals surface area contributed by atoms with Gasteiger partial charge in [0.1, 0.15) is 0 Å². The Balaban J connectivity index is 2.35. The molecule has 0 aliphatic carbocycles. The second-order valence-corrected chi connectivity index (χ2v) is 4.31. The summed E-state index contributed by atoms with van der Waals surface area (Å²) < 4.78 is 4.68. The minimum Gasteiger partial charge on any atom is -0.453 e. The number of nitrogens with zero attached hydrogens (tertiary/aromatic N) is 1. The number of alkyl carbamates (subject to hydrolysis) is 1. The fourth-order valence-corrected chi connectivity index (χ4v) is 1.97. The molecule has 0 radical (unpaired) electrons. The van der Waals surface area contributed by atoms with E-state index >= 15 is 0 Å². The highest BCUT2D eigenvalue weighted by Crippen LogP contribution is 2.28. The molecule has 0 saturated heterocycles. The third-order valence-electron chi connectivity index (χ3n) is 3.03. The van der Waals surface area contributed by atoms with Crippen molar-refractivity contribution in [2.45, 2.75) is 19.0 Å². The number of hydrogen-bond donors (Lipinski definition) is 2. The average molecular weight is 247 g/mol. The van der Waals surface area contributed by atoms with Crippen LogP contribution in [-0.2, 0) is 10.4 Å². The van der Waals surface area contributed by atoms with Gasteiger partial charge in [0.05, 0.1) is 13.4 Å². The molecule has 18 heavy (non-hydrogen) atoms. The van der Waals surface area contributed by atoms with Gasteiger partial charge in [-0.2, -0.15) is 0 Å². The molecule has 2 rings (SSSR count). The summed E-state index contributed by atoms with van der Waals surface area (Å²) in [5.74, 6) is 0. The standard InChI is InChI=1S/C13H17N3O2/c1-10-3-5-11(6-4-10)13(16-12(17)18-2)7-8-14-9-15-13/h3-6,9H,7-8H2,1-2H3,(H,14,15)(H,16,17). The fraction of sp³-hybridized carbons (Fsp3) is 0.385. The highest BCUT2D eigenvalue weighted by molar-refractivity contribution is 5.69. The van der Waals surface area contributed by atoms with Crippen LogP contribution >= 0.6 is 0 Å². The topological polar surface area (TPSA) is 62.7 Å². The van der Waals surface area contributed by atoms with Crippen LogP contribution in [0.2, 0.25) is 0 Å². The minimum absolute atomic E-state index is 0.477. The molecule has 1 atom stereocenters. The fourth-order valence-electron chi connectivity index (χ4n) is 1.97. The van der Waals surface area contributed by atoms with Gasteiger partial charge in [-0.05, 0) is 12.5 Å². The normalized spacial score (nSPS) is 22.1. The van der Waals surface area contributed by atoms with Crippen LogP contribution < -0.4 is 10.6 Å². The number of benzene rings is 1. The van der Waals surface area contributed by atoms with Crippen LogP contribution in [0.25, 0.3) is 0 Å². The molecule has 96 valence electrons. The Kier molecular flexibility index (Phi) is 3.50. The molecule has 1 unspecified atom stereocenters. The summed E-state index contributed by atoms with van der Waals surface area (Å²) in [4.78, 5) is 15.9. The van der Waals surface area contributed by atoms with Gasteiger partial charge >= 0.3 is 6.09 Å². The maximum absolute atomic E-state index is 11.5. The third-order valence-corrected chi connectivity index (χ3v) is 3.03. The average Bonchev–Trinajstić information content (AvgIpc) is 2.40. The SMILES string of the molecule is COC(=O)NC1(c2ccc(C)cc2)CCNC=N1. The largest absolute Gasteiger partial charge is 0.453 e. The summed E-state index contributed by atoms with van der Waals surface area (Å²) in [6.07, 6.45) is 1.83. The Morgan fingerprint density at radius 3 is 2.72 bits per heavy atom. The first kappa shape index (κ1) is 12.4. The second kappa shape index (κ2) is 5.08. The van der Waals surface area contributed by atoms with Crippen molar-refractivity contribution in [2.75, 3.05) is 13.7 Å². The van der Waals surface area contributed by atoms with Gasteiger partial charge in [-0.15, -0.1) is 0 Å². The maximum Gasteiger partial charge on any atom is 0.409 e. The van der Waals surface area contributed by atoms with Crippen molar-refractivity contribution in [3.8, 4) is 0 Å². The molecule has 1 aromatic rings. The van der Waals surface area contributed by atoms with Crippen molar-refractivity contribution < 1.29 is 9.53 Å². The van der Waals surface area contributed by atoms with Crippen molar-refractivity contribution >= 4 is 12.4 Å². The van der Waals surface area contributed by atoms with Crippen molar-refractivity contribution in [1.82, 2.24) is 10.6 Å². The predicted molar refractivity (Wildman–Crippen MR) is 69.5 cm³/mol. The smallest absolute Gasteiger partial charge is 0.409 e. The van der Waals surface area contributed by atoms with Crippen LogP contribution in [0.15, 0.2) is 29.3 Å². The number of methoxy groups -OCH3 is 1. The van der Waals surface area contributed by atoms with Gasteiger partial charge in [0.15, 0.2) is 5.66 Å². The number of carbonyl (C=O) groups excluding carboxylic acids is 1. The number of hydrogen-bond acceptors (Lipinski definition) is 4. The Morgan fingerprint density at radius 2 is 2.17 bits per heavy atom. The zero-order chi connectivity index (χ0) is 13.0. The van der Waals surface area contributed by atoms with E-state index in [1.54, 1.807) is 6.34 Å². The van der Waals surface area contributed by atoms with E-state index in [2.05, 4.69) is 20.4 Å². The van der Waals surface area contributed by atoms with E-state index in [4.69, 9.17) is 0 Å². The Hall–Kier alpha value is -2.04. The molecule has 2 N–H and O–H groups in total. The lowest BCUT2D eigenvalue weighted by Crippen LogP contribution is -2.48. The number of amides is 1. The number of nitrogens with one attached hydrogen (secondary N) is 2.